The van der Waals surface area contributed by atoms with Crippen molar-refractivity contribution in [1.82, 2.24) is 0 Å². The summed E-state index contributed by atoms with van der Waals surface area (Å²) >= 11 is 0. The first-order valence-electron chi connectivity index (χ1n) is 16.1. The Labute approximate surface area is 219 Å². The maximum absolute atomic E-state index is 15.6. The summed E-state index contributed by atoms with van der Waals surface area (Å²) in [7, 11) is 0. The van der Waals surface area contributed by atoms with Gasteiger partial charge in [0.25, 0.3) is 0 Å². The van der Waals surface area contributed by atoms with Crippen molar-refractivity contribution in [3.8, 4) is 0 Å². The van der Waals surface area contributed by atoms with Gasteiger partial charge in [0.05, 0.1) is 12.2 Å². The summed E-state index contributed by atoms with van der Waals surface area (Å²) < 4.78 is 22.2. The topological polar surface area (TPSA) is 29.5 Å². The zero-order chi connectivity index (χ0) is 25.7. The second kappa shape index (κ2) is 21.9. The van der Waals surface area contributed by atoms with Crippen LogP contribution in [0.1, 0.15) is 169 Å². The van der Waals surface area contributed by atoms with E-state index in [1.165, 1.54) is 116 Å². The minimum Gasteiger partial charge on any atom is -0.387 e. The van der Waals surface area contributed by atoms with E-state index in [9.17, 15) is 5.11 Å². The van der Waals surface area contributed by atoms with Crippen LogP contribution in [0.25, 0.3) is 0 Å². The number of aliphatic hydroxyl groups is 1. The predicted octanol–water partition coefficient (Wildman–Crippen LogP) is 10.3. The third-order valence-corrected chi connectivity index (χ3v) is 8.43. The van der Waals surface area contributed by atoms with Crippen LogP contribution < -0.4 is 0 Å². The van der Waals surface area contributed by atoms with Gasteiger partial charge in [0.2, 0.25) is 0 Å². The average Bonchev–Trinajstić information content (AvgIpc) is 3.15. The van der Waals surface area contributed by atoms with Gasteiger partial charge in [0.15, 0.2) is 6.17 Å². The highest BCUT2D eigenvalue weighted by Gasteiger charge is 2.49. The molecule has 0 radical (unpaired) electrons. The van der Waals surface area contributed by atoms with E-state index in [4.69, 9.17) is 4.74 Å². The molecule has 0 amide bonds. The van der Waals surface area contributed by atoms with Crippen molar-refractivity contribution in [1.29, 1.82) is 0 Å². The van der Waals surface area contributed by atoms with Gasteiger partial charge < -0.3 is 9.84 Å². The molecular weight excluding hydrogens is 435 g/mol. The lowest BCUT2D eigenvalue weighted by Gasteiger charge is -2.28. The second-order valence-corrected chi connectivity index (χ2v) is 11.6. The van der Waals surface area contributed by atoms with E-state index in [0.717, 1.165) is 25.7 Å². The average molecular weight is 499 g/mol. The van der Waals surface area contributed by atoms with Crippen molar-refractivity contribution < 1.29 is 14.2 Å². The first-order chi connectivity index (χ1) is 17.1. The first kappa shape index (κ1) is 32.9. The molecule has 0 saturated carbocycles. The number of rotatable bonds is 24. The number of halogens is 1. The summed E-state index contributed by atoms with van der Waals surface area (Å²) in [6, 6.07) is 0. The van der Waals surface area contributed by atoms with Gasteiger partial charge in [-0.15, -0.1) is 0 Å². The lowest BCUT2D eigenvalue weighted by atomic mass is 9.85. The van der Waals surface area contributed by atoms with Gasteiger partial charge in [-0.25, -0.2) is 4.39 Å². The largest absolute Gasteiger partial charge is 0.387 e. The smallest absolute Gasteiger partial charge is 0.155 e. The van der Waals surface area contributed by atoms with E-state index >= 15 is 4.39 Å². The molecule has 1 heterocycles. The second-order valence-electron chi connectivity index (χ2n) is 11.6. The van der Waals surface area contributed by atoms with E-state index < -0.39 is 18.4 Å². The zero-order valence-corrected chi connectivity index (χ0v) is 24.3. The molecule has 35 heavy (non-hydrogen) atoms. The molecule has 1 saturated heterocycles. The molecule has 1 fully saturated rings. The molecule has 0 aliphatic carbocycles. The molecule has 2 nitrogen and oxygen atoms in total. The predicted molar refractivity (Wildman–Crippen MR) is 151 cm³/mol. The Bertz CT molecular complexity index is 417. The van der Waals surface area contributed by atoms with Crippen LogP contribution in [0.4, 0.5) is 4.39 Å². The fourth-order valence-electron chi connectivity index (χ4n) is 6.11. The van der Waals surface area contributed by atoms with E-state index in [1.807, 2.05) is 0 Å². The van der Waals surface area contributed by atoms with Gasteiger partial charge in [-0.05, 0) is 37.5 Å². The third kappa shape index (κ3) is 13.8. The number of alkyl halides is 1. The van der Waals surface area contributed by atoms with Crippen LogP contribution in [-0.2, 0) is 4.74 Å². The minimum absolute atomic E-state index is 0.258. The minimum atomic E-state index is -1.22. The number of hydrogen-bond donors (Lipinski definition) is 1. The first-order valence-corrected chi connectivity index (χ1v) is 16.1. The fraction of sp³-hybridized carbons (Fsp3) is 1.00. The van der Waals surface area contributed by atoms with Crippen LogP contribution in [0.15, 0.2) is 0 Å². The molecule has 4 unspecified atom stereocenters. The Morgan fingerprint density at radius 2 is 0.829 bits per heavy atom. The standard InChI is InChI=1S/C32H63FO2/c1-5-9-13-17-21-24-27(23-19-15-11-7-3)31-29(33)30(34)32(35-31)28(25-20-16-12-8-4)26-22-18-14-10-6-2/h27-32,34H,5-26H2,1-4H3/t27?,28?,29-,30-,31?,32?/m0/s1. The normalized spacial score (nSPS) is 24.2. The molecule has 1 aliphatic heterocycles. The number of aliphatic hydroxyl groups excluding tert-OH is 1. The Hall–Kier alpha value is -0.150. The van der Waals surface area contributed by atoms with Crippen molar-refractivity contribution in [2.24, 2.45) is 11.8 Å². The fourth-order valence-corrected chi connectivity index (χ4v) is 6.11. The number of hydrogen-bond acceptors (Lipinski definition) is 2. The van der Waals surface area contributed by atoms with Gasteiger partial charge >= 0.3 is 0 Å². The van der Waals surface area contributed by atoms with Crippen LogP contribution in [0.2, 0.25) is 0 Å². The van der Waals surface area contributed by atoms with Gasteiger partial charge in [-0.2, -0.15) is 0 Å². The van der Waals surface area contributed by atoms with Crippen molar-refractivity contribution in [2.75, 3.05) is 0 Å². The van der Waals surface area contributed by atoms with Crippen molar-refractivity contribution >= 4 is 0 Å². The van der Waals surface area contributed by atoms with Crippen LogP contribution in [-0.4, -0.2) is 29.6 Å². The van der Waals surface area contributed by atoms with Crippen LogP contribution in [0.3, 0.4) is 0 Å². The quantitative estimate of drug-likeness (QED) is 0.134. The summed E-state index contributed by atoms with van der Waals surface area (Å²) in [4.78, 5) is 0. The van der Waals surface area contributed by atoms with Crippen LogP contribution in [0.5, 0.6) is 0 Å². The lowest BCUT2D eigenvalue weighted by molar-refractivity contribution is -0.0516. The van der Waals surface area contributed by atoms with Crippen molar-refractivity contribution in [3.63, 3.8) is 0 Å². The number of unbranched alkanes of at least 4 members (excludes halogenated alkanes) is 14. The molecule has 1 aliphatic rings. The van der Waals surface area contributed by atoms with Crippen LogP contribution in [0, 0.1) is 11.8 Å². The summed E-state index contributed by atoms with van der Waals surface area (Å²) in [5.41, 5.74) is 0. The molecule has 3 heteroatoms. The molecule has 1 N–H and O–H groups in total. The van der Waals surface area contributed by atoms with Crippen molar-refractivity contribution in [3.05, 3.63) is 0 Å². The van der Waals surface area contributed by atoms with Crippen LogP contribution >= 0.6 is 0 Å². The zero-order valence-electron chi connectivity index (χ0n) is 24.3. The summed E-state index contributed by atoms with van der Waals surface area (Å²) in [6.07, 6.45) is 23.7. The molecular formula is C32H63FO2. The Morgan fingerprint density at radius 1 is 0.514 bits per heavy atom. The molecule has 6 atom stereocenters. The molecule has 0 aromatic rings. The Kier molecular flexibility index (Phi) is 20.6. The van der Waals surface area contributed by atoms with Gasteiger partial charge in [0.1, 0.15) is 6.10 Å². The maximum Gasteiger partial charge on any atom is 0.155 e. The summed E-state index contributed by atoms with van der Waals surface area (Å²) in [5.74, 6) is 0.561. The lowest BCUT2D eigenvalue weighted by Crippen LogP contribution is -2.35. The maximum atomic E-state index is 15.6. The molecule has 0 bridgehead atoms. The highest BCUT2D eigenvalue weighted by atomic mass is 19.1. The highest BCUT2D eigenvalue weighted by Crippen LogP contribution is 2.39. The molecule has 0 aromatic carbocycles. The summed E-state index contributed by atoms with van der Waals surface area (Å²) in [6.45, 7) is 8.99. The molecule has 1 rings (SSSR count). The molecule has 0 spiro atoms. The van der Waals surface area contributed by atoms with E-state index in [2.05, 4.69) is 27.7 Å². The van der Waals surface area contributed by atoms with E-state index in [0.29, 0.717) is 5.92 Å². The van der Waals surface area contributed by atoms with E-state index in [1.54, 1.807) is 0 Å². The van der Waals surface area contributed by atoms with Gasteiger partial charge in [0, 0.05) is 0 Å². The summed E-state index contributed by atoms with van der Waals surface area (Å²) in [5, 5.41) is 11.0. The van der Waals surface area contributed by atoms with Gasteiger partial charge in [-0.1, -0.05) is 143 Å². The third-order valence-electron chi connectivity index (χ3n) is 8.43. The molecule has 210 valence electrons. The monoisotopic (exact) mass is 498 g/mol. The Morgan fingerprint density at radius 3 is 1.20 bits per heavy atom. The Balaban J connectivity index is 2.77. The highest BCUT2D eigenvalue weighted by molar-refractivity contribution is 4.96. The van der Waals surface area contributed by atoms with Crippen molar-refractivity contribution in [2.45, 2.75) is 193 Å². The molecule has 0 aromatic heterocycles. The number of ether oxygens (including phenoxy) is 1. The van der Waals surface area contributed by atoms with E-state index in [-0.39, 0.29) is 12.0 Å². The van der Waals surface area contributed by atoms with Gasteiger partial charge in [-0.3, -0.25) is 0 Å². The SMILES string of the molecule is CCCCCCCC(CCCCCC)C1OC(C(CCCCCC)CCCCCCC)[C@@H](F)[C@@H]1O.